The summed E-state index contributed by atoms with van der Waals surface area (Å²) in [6.45, 7) is 1.80. The zero-order valence-corrected chi connectivity index (χ0v) is 10.7. The van der Waals surface area contributed by atoms with E-state index in [0.717, 1.165) is 17.0 Å². The van der Waals surface area contributed by atoms with Gasteiger partial charge in [-0.05, 0) is 19.1 Å². The summed E-state index contributed by atoms with van der Waals surface area (Å²) in [6.07, 6.45) is 1.57. The molecule has 100 valence electrons. The van der Waals surface area contributed by atoms with Crippen molar-refractivity contribution in [2.75, 3.05) is 0 Å². The molecule has 1 aromatic heterocycles. The molecule has 1 nitrogen and oxygen atoms in total. The number of nitrogens with zero attached hydrogens (tertiary/aromatic N) is 1. The van der Waals surface area contributed by atoms with Crippen molar-refractivity contribution < 1.29 is 19.4 Å². The number of aromatic nitrogens is 1. The largest absolute Gasteiger partial charge is 0.310 e. The van der Waals surface area contributed by atoms with Crippen molar-refractivity contribution >= 4 is 21.6 Å². The highest BCUT2D eigenvalue weighted by atomic mass is 32.5. The third kappa shape index (κ3) is 2.81. The molecule has 0 bridgehead atoms. The van der Waals surface area contributed by atoms with Crippen LogP contribution in [0.3, 0.4) is 0 Å². The van der Waals surface area contributed by atoms with E-state index in [4.69, 9.17) is 0 Å². The van der Waals surface area contributed by atoms with Crippen LogP contribution in [0.15, 0.2) is 35.4 Å². The molecule has 0 saturated carbocycles. The highest BCUT2D eigenvalue weighted by Crippen LogP contribution is 3.02. The Bertz CT molecular complexity index is 585. The lowest BCUT2D eigenvalue weighted by atomic mass is 10.2. The van der Waals surface area contributed by atoms with Crippen molar-refractivity contribution in [2.24, 2.45) is 0 Å². The first-order chi connectivity index (χ1) is 7.95. The molecular weight excluding hydrogens is 293 g/mol. The van der Waals surface area contributed by atoms with Crippen LogP contribution in [0.2, 0.25) is 0 Å². The number of hydrogen-bond donors (Lipinski definition) is 0. The van der Waals surface area contributed by atoms with Gasteiger partial charge >= 0.3 is 10.2 Å². The first-order valence-corrected chi connectivity index (χ1v) is 7.49. The van der Waals surface area contributed by atoms with Crippen molar-refractivity contribution in [2.45, 2.75) is 11.8 Å². The quantitative estimate of drug-likeness (QED) is 0.641. The van der Waals surface area contributed by atoms with E-state index in [-0.39, 0.29) is 0 Å². The third-order valence-corrected chi connectivity index (χ3v) is 4.29. The lowest BCUT2D eigenvalue weighted by Crippen LogP contribution is -2.05. The number of thiazole rings is 1. The summed E-state index contributed by atoms with van der Waals surface area (Å²) >= 11 is 1.28. The van der Waals surface area contributed by atoms with Crippen molar-refractivity contribution in [3.05, 3.63) is 35.3 Å². The normalized spacial score (nSPS) is 16.1. The van der Waals surface area contributed by atoms with Gasteiger partial charge in [-0.2, -0.15) is 0 Å². The second-order valence-electron chi connectivity index (χ2n) is 3.77. The lowest BCUT2D eigenvalue weighted by Gasteiger charge is -2.40. The van der Waals surface area contributed by atoms with Crippen LogP contribution in [0.5, 0.6) is 0 Å². The summed E-state index contributed by atoms with van der Waals surface area (Å²) < 4.78 is 62.4. The molecule has 0 spiro atoms. The van der Waals surface area contributed by atoms with Crippen molar-refractivity contribution in [3.63, 3.8) is 0 Å². The lowest BCUT2D eigenvalue weighted by molar-refractivity contribution is 0.364. The van der Waals surface area contributed by atoms with Gasteiger partial charge in [0.1, 0.15) is 9.90 Å². The van der Waals surface area contributed by atoms with E-state index in [1.54, 1.807) is 13.1 Å². The van der Waals surface area contributed by atoms with E-state index in [9.17, 15) is 19.4 Å². The zero-order chi connectivity index (χ0) is 13.7. The molecule has 0 unspecified atom stereocenters. The molecule has 0 saturated heterocycles. The molecule has 1 aromatic carbocycles. The average Bonchev–Trinajstić information content (AvgIpc) is 2.62. The van der Waals surface area contributed by atoms with Crippen LogP contribution in [-0.2, 0) is 0 Å². The summed E-state index contributed by atoms with van der Waals surface area (Å²) in [5.74, 6) is 0. The van der Waals surface area contributed by atoms with E-state index < -0.39 is 15.1 Å². The van der Waals surface area contributed by atoms with E-state index in [1.807, 2.05) is 0 Å². The van der Waals surface area contributed by atoms with E-state index >= 15 is 0 Å². The van der Waals surface area contributed by atoms with Crippen LogP contribution in [0.25, 0.3) is 10.6 Å². The van der Waals surface area contributed by atoms with Gasteiger partial charge < -0.3 is 0 Å². The third-order valence-electron chi connectivity index (χ3n) is 2.17. The number of benzene rings is 1. The molecule has 0 atom stereocenters. The fourth-order valence-corrected chi connectivity index (χ4v) is 2.76. The van der Waals surface area contributed by atoms with Gasteiger partial charge in [-0.15, -0.1) is 11.3 Å². The summed E-state index contributed by atoms with van der Waals surface area (Å²) in [5, 5.41) is 0.501. The van der Waals surface area contributed by atoms with E-state index in [0.29, 0.717) is 22.7 Å². The minimum Gasteiger partial charge on any atom is -0.244 e. The predicted octanol–water partition coefficient (Wildman–Crippen LogP) is 5.78. The van der Waals surface area contributed by atoms with Crippen LogP contribution in [0, 0.1) is 6.92 Å². The molecule has 0 aliphatic rings. The number of hydrogen-bond acceptors (Lipinski definition) is 2. The van der Waals surface area contributed by atoms with Crippen LogP contribution < -0.4 is 0 Å². The van der Waals surface area contributed by atoms with Crippen LogP contribution in [0.1, 0.15) is 4.88 Å². The van der Waals surface area contributed by atoms with Crippen LogP contribution >= 0.6 is 21.6 Å². The van der Waals surface area contributed by atoms with Gasteiger partial charge in [0.15, 0.2) is 0 Å². The fraction of sp³-hybridized carbons (Fsp3) is 0.100. The monoisotopic (exact) mass is 301 g/mol. The Morgan fingerprint density at radius 3 is 1.94 bits per heavy atom. The van der Waals surface area contributed by atoms with Gasteiger partial charge in [-0.3, -0.25) is 0 Å². The fourth-order valence-electron chi connectivity index (χ4n) is 1.34. The molecule has 2 rings (SSSR count). The Hall–Kier alpha value is -1.15. The molecule has 0 amide bonds. The van der Waals surface area contributed by atoms with Crippen molar-refractivity contribution in [3.8, 4) is 10.6 Å². The zero-order valence-electron chi connectivity index (χ0n) is 9.04. The highest BCUT2D eigenvalue weighted by molar-refractivity contribution is 8.45. The summed E-state index contributed by atoms with van der Waals surface area (Å²) in [4.78, 5) is 2.98. The Balaban J connectivity index is 2.44. The van der Waals surface area contributed by atoms with Gasteiger partial charge in [0.25, 0.3) is 0 Å². The Morgan fingerprint density at radius 1 is 1.00 bits per heavy atom. The summed E-state index contributed by atoms with van der Waals surface area (Å²) in [5.41, 5.74) is 0.388. The smallest absolute Gasteiger partial charge is 0.244 e. The molecule has 1 heterocycles. The molecule has 0 aliphatic heterocycles. The summed E-state index contributed by atoms with van der Waals surface area (Å²) in [7, 11) is -9.57. The molecule has 0 aliphatic carbocycles. The van der Waals surface area contributed by atoms with Crippen LogP contribution in [0.4, 0.5) is 19.4 Å². The highest BCUT2D eigenvalue weighted by Gasteiger charge is 2.65. The van der Waals surface area contributed by atoms with Crippen LogP contribution in [-0.4, -0.2) is 4.98 Å². The molecule has 2 aromatic rings. The van der Waals surface area contributed by atoms with Gasteiger partial charge in [0.05, 0.1) is 0 Å². The van der Waals surface area contributed by atoms with E-state index in [1.165, 1.54) is 11.3 Å². The molecule has 8 heteroatoms. The number of rotatable bonds is 2. The SMILES string of the molecule is Cc1cnc(-c2ccc(S(F)(F)(F)(F)F)cc2)s1. The van der Waals surface area contributed by atoms with Gasteiger partial charge in [0.2, 0.25) is 0 Å². The van der Waals surface area contributed by atoms with Gasteiger partial charge in [-0.1, -0.05) is 31.6 Å². The van der Waals surface area contributed by atoms with Crippen molar-refractivity contribution in [1.29, 1.82) is 0 Å². The maximum Gasteiger partial charge on any atom is 0.310 e. The Kier molecular flexibility index (Phi) is 2.39. The van der Waals surface area contributed by atoms with Gasteiger partial charge in [0, 0.05) is 16.6 Å². The first kappa shape index (κ1) is 13.3. The topological polar surface area (TPSA) is 12.9 Å². The second-order valence-corrected chi connectivity index (χ2v) is 7.41. The minimum atomic E-state index is -9.57. The number of aryl methyl sites for hydroxylation is 1. The maximum atomic E-state index is 12.5. The first-order valence-electron chi connectivity index (χ1n) is 4.73. The Labute approximate surface area is 104 Å². The number of halogens is 5. The second kappa shape index (κ2) is 3.24. The molecule has 0 fully saturated rings. The maximum absolute atomic E-state index is 12.5. The molecule has 0 N–H and O–H groups in total. The standard InChI is InChI=1S/C10H8F5NS2/c1-7-6-16-10(17-7)8-2-4-9(5-3-8)18(11,12,13,14)15/h2-6H,1H3. The Morgan fingerprint density at radius 2 is 1.56 bits per heavy atom. The predicted molar refractivity (Wildman–Crippen MR) is 63.7 cm³/mol. The van der Waals surface area contributed by atoms with E-state index in [2.05, 4.69) is 4.98 Å². The van der Waals surface area contributed by atoms with Crippen molar-refractivity contribution in [1.82, 2.24) is 4.98 Å². The average molecular weight is 301 g/mol. The van der Waals surface area contributed by atoms with Gasteiger partial charge in [-0.25, -0.2) is 4.98 Å². The summed E-state index contributed by atoms with van der Waals surface area (Å²) in [6, 6.07) is 2.80. The molecular formula is C10H8F5NS2. The minimum absolute atomic E-state index is 0.388. The molecule has 18 heavy (non-hydrogen) atoms. The molecule has 0 radical (unpaired) electrons.